The number of alkyl halides is 1. The summed E-state index contributed by atoms with van der Waals surface area (Å²) in [5.41, 5.74) is 0. The van der Waals surface area contributed by atoms with E-state index in [9.17, 15) is 9.59 Å². The number of esters is 1. The molecule has 0 amide bonds. The van der Waals surface area contributed by atoms with Gasteiger partial charge in [0.25, 0.3) is 0 Å². The minimum absolute atomic E-state index is 0.116. The zero-order chi connectivity index (χ0) is 9.40. The Morgan fingerprint density at radius 1 is 1.42 bits per heavy atom. The molecular weight excluding hydrogens is 224 g/mol. The Morgan fingerprint density at radius 3 is 2.58 bits per heavy atom. The van der Waals surface area contributed by atoms with Crippen LogP contribution in [0.3, 0.4) is 0 Å². The van der Waals surface area contributed by atoms with E-state index in [-0.39, 0.29) is 17.5 Å². The molecule has 0 aliphatic heterocycles. The molecule has 0 saturated carbocycles. The normalized spacial score (nSPS) is 9.50. The van der Waals surface area contributed by atoms with E-state index in [2.05, 4.69) is 15.9 Å². The molecular formula is C8H13BrO3. The van der Waals surface area contributed by atoms with E-state index < -0.39 is 5.97 Å². The molecule has 0 aliphatic carbocycles. The molecule has 0 aromatic rings. The third-order valence-electron chi connectivity index (χ3n) is 1.25. The van der Waals surface area contributed by atoms with Crippen LogP contribution in [-0.4, -0.2) is 23.7 Å². The van der Waals surface area contributed by atoms with E-state index in [0.29, 0.717) is 6.61 Å². The maximum absolute atomic E-state index is 10.8. The van der Waals surface area contributed by atoms with Crippen LogP contribution in [0.15, 0.2) is 0 Å². The van der Waals surface area contributed by atoms with Gasteiger partial charge in [-0.3, -0.25) is 9.59 Å². The highest BCUT2D eigenvalue weighted by atomic mass is 79.9. The van der Waals surface area contributed by atoms with E-state index in [1.165, 1.54) is 0 Å². The molecule has 0 spiro atoms. The Balaban J connectivity index is 3.40. The van der Waals surface area contributed by atoms with Gasteiger partial charge in [0.05, 0.1) is 11.9 Å². The fraction of sp³-hybridized carbons (Fsp3) is 0.750. The standard InChI is InChI=1S/C8H13BrO3/c1-2-3-4-12-8(11)5-7(10)6-9/h2-6H2,1H3. The summed E-state index contributed by atoms with van der Waals surface area (Å²) in [5, 5.41) is 0.218. The average molecular weight is 237 g/mol. The van der Waals surface area contributed by atoms with Gasteiger partial charge in [-0.25, -0.2) is 0 Å². The first-order chi connectivity index (χ1) is 5.70. The Kier molecular flexibility index (Phi) is 7.05. The molecule has 0 heterocycles. The lowest BCUT2D eigenvalue weighted by atomic mass is 10.3. The predicted molar refractivity (Wildman–Crippen MR) is 49.3 cm³/mol. The van der Waals surface area contributed by atoms with Crippen LogP contribution in [0.1, 0.15) is 26.2 Å². The molecule has 0 saturated heterocycles. The monoisotopic (exact) mass is 236 g/mol. The molecule has 0 rings (SSSR count). The number of carbonyl (C=O) groups excluding carboxylic acids is 2. The molecule has 4 heteroatoms. The number of rotatable bonds is 6. The van der Waals surface area contributed by atoms with Crippen molar-refractivity contribution >= 4 is 27.7 Å². The van der Waals surface area contributed by atoms with E-state index in [0.717, 1.165) is 12.8 Å². The number of unbranched alkanes of at least 4 members (excludes halogenated alkanes) is 1. The molecule has 0 unspecified atom stereocenters. The van der Waals surface area contributed by atoms with Crippen LogP contribution >= 0.6 is 15.9 Å². The van der Waals surface area contributed by atoms with E-state index in [4.69, 9.17) is 4.74 Å². The van der Waals surface area contributed by atoms with Crippen molar-refractivity contribution in [3.05, 3.63) is 0 Å². The zero-order valence-electron chi connectivity index (χ0n) is 7.14. The summed E-state index contributed by atoms with van der Waals surface area (Å²) < 4.78 is 4.77. The number of ether oxygens (including phenoxy) is 1. The lowest BCUT2D eigenvalue weighted by Gasteiger charge is -2.01. The topological polar surface area (TPSA) is 43.4 Å². The van der Waals surface area contributed by atoms with Crippen LogP contribution in [0, 0.1) is 0 Å². The molecule has 0 bridgehead atoms. The van der Waals surface area contributed by atoms with Gasteiger partial charge in [0.1, 0.15) is 6.42 Å². The van der Waals surface area contributed by atoms with Crippen molar-refractivity contribution in [2.75, 3.05) is 11.9 Å². The molecule has 3 nitrogen and oxygen atoms in total. The fourth-order valence-corrected chi connectivity index (χ4v) is 0.788. The number of ketones is 1. The number of carbonyl (C=O) groups is 2. The van der Waals surface area contributed by atoms with Gasteiger partial charge in [-0.15, -0.1) is 0 Å². The van der Waals surface area contributed by atoms with E-state index in [1.54, 1.807) is 0 Å². The number of hydrogen-bond acceptors (Lipinski definition) is 3. The lowest BCUT2D eigenvalue weighted by Crippen LogP contribution is -2.12. The first-order valence-corrected chi connectivity index (χ1v) is 5.06. The van der Waals surface area contributed by atoms with Crippen LogP contribution in [0.4, 0.5) is 0 Å². The maximum atomic E-state index is 10.8. The van der Waals surface area contributed by atoms with E-state index >= 15 is 0 Å². The minimum atomic E-state index is -0.423. The molecule has 0 N–H and O–H groups in total. The summed E-state index contributed by atoms with van der Waals surface area (Å²) in [7, 11) is 0. The van der Waals surface area contributed by atoms with Gasteiger partial charge in [-0.1, -0.05) is 29.3 Å². The average Bonchev–Trinajstić information content (AvgIpc) is 2.05. The first kappa shape index (κ1) is 11.6. The minimum Gasteiger partial charge on any atom is -0.465 e. The number of halogens is 1. The number of hydrogen-bond donors (Lipinski definition) is 0. The van der Waals surface area contributed by atoms with Crippen LogP contribution in [0.5, 0.6) is 0 Å². The molecule has 0 atom stereocenters. The van der Waals surface area contributed by atoms with Crippen molar-refractivity contribution in [2.45, 2.75) is 26.2 Å². The quantitative estimate of drug-likeness (QED) is 0.305. The van der Waals surface area contributed by atoms with Gasteiger partial charge in [-0.05, 0) is 6.42 Å². The van der Waals surface area contributed by atoms with Crippen LogP contribution in [0.2, 0.25) is 0 Å². The Bertz CT molecular complexity index is 156. The molecule has 12 heavy (non-hydrogen) atoms. The Hall–Kier alpha value is -0.380. The van der Waals surface area contributed by atoms with Crippen molar-refractivity contribution in [1.29, 1.82) is 0 Å². The zero-order valence-corrected chi connectivity index (χ0v) is 8.72. The summed E-state index contributed by atoms with van der Waals surface area (Å²) in [6, 6.07) is 0. The molecule has 0 fully saturated rings. The highest BCUT2D eigenvalue weighted by Gasteiger charge is 2.08. The van der Waals surface area contributed by atoms with Gasteiger partial charge >= 0.3 is 5.97 Å². The maximum Gasteiger partial charge on any atom is 0.313 e. The molecule has 0 radical (unpaired) electrons. The van der Waals surface area contributed by atoms with Gasteiger partial charge in [0.2, 0.25) is 0 Å². The fourth-order valence-electron chi connectivity index (χ4n) is 0.590. The van der Waals surface area contributed by atoms with Crippen molar-refractivity contribution in [3.63, 3.8) is 0 Å². The largest absolute Gasteiger partial charge is 0.465 e. The molecule has 0 aliphatic rings. The third-order valence-corrected chi connectivity index (χ3v) is 1.88. The van der Waals surface area contributed by atoms with Gasteiger partial charge in [0, 0.05) is 0 Å². The molecule has 0 aromatic carbocycles. The van der Waals surface area contributed by atoms with Gasteiger partial charge in [-0.2, -0.15) is 0 Å². The van der Waals surface area contributed by atoms with E-state index in [1.807, 2.05) is 6.92 Å². The smallest absolute Gasteiger partial charge is 0.313 e. The van der Waals surface area contributed by atoms with Gasteiger partial charge < -0.3 is 4.74 Å². The second kappa shape index (κ2) is 7.28. The van der Waals surface area contributed by atoms with Crippen LogP contribution < -0.4 is 0 Å². The molecule has 0 aromatic heterocycles. The number of Topliss-reactive ketones (excluding diaryl/α,β-unsaturated/α-hetero) is 1. The summed E-state index contributed by atoms with van der Waals surface area (Å²) >= 11 is 2.97. The Labute approximate surface area is 80.6 Å². The van der Waals surface area contributed by atoms with Gasteiger partial charge in [0.15, 0.2) is 5.78 Å². The van der Waals surface area contributed by atoms with Crippen molar-refractivity contribution in [1.82, 2.24) is 0 Å². The lowest BCUT2D eigenvalue weighted by molar-refractivity contribution is -0.145. The van der Waals surface area contributed by atoms with Crippen LogP contribution in [-0.2, 0) is 14.3 Å². The SMILES string of the molecule is CCCCOC(=O)CC(=O)CBr. The third kappa shape index (κ3) is 6.34. The summed E-state index contributed by atoms with van der Waals surface area (Å²) in [6.45, 7) is 2.43. The summed E-state index contributed by atoms with van der Waals surface area (Å²) in [5.74, 6) is -0.565. The second-order valence-electron chi connectivity index (χ2n) is 2.42. The van der Waals surface area contributed by atoms with Crippen molar-refractivity contribution < 1.29 is 14.3 Å². The molecule has 70 valence electrons. The summed E-state index contributed by atoms with van der Waals surface area (Å²) in [6.07, 6.45) is 1.73. The second-order valence-corrected chi connectivity index (χ2v) is 2.98. The highest BCUT2D eigenvalue weighted by Crippen LogP contribution is 1.94. The summed E-state index contributed by atoms with van der Waals surface area (Å²) in [4.78, 5) is 21.5. The van der Waals surface area contributed by atoms with Crippen molar-refractivity contribution in [2.24, 2.45) is 0 Å². The predicted octanol–water partition coefficient (Wildman–Crippen LogP) is 1.68. The highest BCUT2D eigenvalue weighted by molar-refractivity contribution is 9.09. The van der Waals surface area contributed by atoms with Crippen molar-refractivity contribution in [3.8, 4) is 0 Å². The first-order valence-electron chi connectivity index (χ1n) is 3.94. The van der Waals surface area contributed by atoms with Crippen LogP contribution in [0.25, 0.3) is 0 Å². The Morgan fingerprint density at radius 2 is 2.08 bits per heavy atom.